The Hall–Kier alpha value is -3.15. The number of hydrogen-bond acceptors (Lipinski definition) is 4. The highest BCUT2D eigenvalue weighted by Crippen LogP contribution is 2.37. The van der Waals surface area contributed by atoms with E-state index in [4.69, 9.17) is 4.52 Å². The molecule has 0 spiro atoms. The molecular formula is C24H24FN3O2. The van der Waals surface area contributed by atoms with Gasteiger partial charge in [-0.25, -0.2) is 4.39 Å². The van der Waals surface area contributed by atoms with E-state index < -0.39 is 5.82 Å². The maximum atomic E-state index is 14.3. The molecule has 1 saturated heterocycles. The van der Waals surface area contributed by atoms with Gasteiger partial charge in [-0.2, -0.15) is 0 Å². The largest absolute Gasteiger partial charge is 0.340 e. The number of anilines is 1. The molecule has 1 amide bonds. The van der Waals surface area contributed by atoms with Gasteiger partial charge in [0.2, 0.25) is 5.88 Å². The number of rotatable bonds is 6. The van der Waals surface area contributed by atoms with Crippen LogP contribution in [-0.2, 0) is 6.54 Å². The summed E-state index contributed by atoms with van der Waals surface area (Å²) in [6.45, 7) is 2.19. The molecule has 5 nitrogen and oxygen atoms in total. The molecule has 0 bridgehead atoms. The van der Waals surface area contributed by atoms with Crippen molar-refractivity contribution in [3.05, 3.63) is 71.5 Å². The van der Waals surface area contributed by atoms with Crippen LogP contribution in [0.25, 0.3) is 11.3 Å². The zero-order valence-corrected chi connectivity index (χ0v) is 16.8. The van der Waals surface area contributed by atoms with Crippen LogP contribution in [0.2, 0.25) is 0 Å². The van der Waals surface area contributed by atoms with Crippen molar-refractivity contribution in [3.63, 3.8) is 0 Å². The van der Waals surface area contributed by atoms with Gasteiger partial charge in [-0.05, 0) is 37.8 Å². The van der Waals surface area contributed by atoms with Crippen LogP contribution in [0.4, 0.5) is 10.3 Å². The number of benzene rings is 2. The molecule has 1 saturated carbocycles. The smallest absolute Gasteiger partial charge is 0.257 e. The molecule has 2 heterocycles. The minimum atomic E-state index is -0.485. The third-order valence-corrected chi connectivity index (χ3v) is 5.89. The van der Waals surface area contributed by atoms with Crippen molar-refractivity contribution in [2.45, 2.75) is 38.3 Å². The maximum Gasteiger partial charge on any atom is 0.257 e. The number of nitrogens with zero attached hydrogens (tertiary/aromatic N) is 3. The summed E-state index contributed by atoms with van der Waals surface area (Å²) in [5.41, 5.74) is 2.73. The number of hydrogen-bond donors (Lipinski definition) is 0. The first-order valence-corrected chi connectivity index (χ1v) is 10.6. The van der Waals surface area contributed by atoms with Crippen LogP contribution >= 0.6 is 0 Å². The predicted octanol–water partition coefficient (Wildman–Crippen LogP) is 4.89. The summed E-state index contributed by atoms with van der Waals surface area (Å²) in [6, 6.07) is 16.2. The molecule has 154 valence electrons. The first-order valence-electron chi connectivity index (χ1n) is 10.6. The third kappa shape index (κ3) is 3.58. The standard InChI is InChI=1S/C24H24FN3O2/c25-21-11-5-4-10-19(21)23(29)28(18-12-13-18)16-20-22(17-8-2-1-3-9-17)26-30-24(20)27-14-6-7-15-27/h1-5,8-11,18H,6-7,12-16H2. The van der Waals surface area contributed by atoms with Crippen LogP contribution in [0.15, 0.2) is 59.1 Å². The lowest BCUT2D eigenvalue weighted by Gasteiger charge is -2.24. The van der Waals surface area contributed by atoms with Crippen molar-refractivity contribution in [2.75, 3.05) is 18.0 Å². The fourth-order valence-electron chi connectivity index (χ4n) is 4.15. The highest BCUT2D eigenvalue weighted by molar-refractivity contribution is 5.95. The molecule has 5 rings (SSSR count). The summed E-state index contributed by atoms with van der Waals surface area (Å²) in [4.78, 5) is 17.3. The monoisotopic (exact) mass is 405 g/mol. The number of carbonyl (C=O) groups excluding carboxylic acids is 1. The van der Waals surface area contributed by atoms with Crippen molar-refractivity contribution in [1.29, 1.82) is 0 Å². The summed E-state index contributed by atoms with van der Waals surface area (Å²) in [5.74, 6) is -0.0250. The van der Waals surface area contributed by atoms with Gasteiger partial charge in [-0.3, -0.25) is 4.79 Å². The second-order valence-electron chi connectivity index (χ2n) is 8.02. The van der Waals surface area contributed by atoms with E-state index in [0.717, 1.165) is 61.5 Å². The summed E-state index contributed by atoms with van der Waals surface area (Å²) < 4.78 is 20.2. The molecule has 2 aromatic carbocycles. The van der Waals surface area contributed by atoms with Crippen molar-refractivity contribution in [1.82, 2.24) is 10.1 Å². The second-order valence-corrected chi connectivity index (χ2v) is 8.02. The SMILES string of the molecule is O=C(c1ccccc1F)N(Cc1c(-c2ccccc2)noc1N1CCCC1)C1CC1. The molecule has 0 radical (unpaired) electrons. The van der Waals surface area contributed by atoms with E-state index >= 15 is 0 Å². The second kappa shape index (κ2) is 7.94. The Balaban J connectivity index is 1.53. The number of aromatic nitrogens is 1. The van der Waals surface area contributed by atoms with E-state index in [1.165, 1.54) is 6.07 Å². The molecule has 0 N–H and O–H groups in total. The van der Waals surface area contributed by atoms with Crippen molar-refractivity contribution in [3.8, 4) is 11.3 Å². The van der Waals surface area contributed by atoms with Gasteiger partial charge in [-0.15, -0.1) is 0 Å². The Morgan fingerprint density at radius 1 is 1.07 bits per heavy atom. The topological polar surface area (TPSA) is 49.6 Å². The van der Waals surface area contributed by atoms with Gasteiger partial charge >= 0.3 is 0 Å². The summed E-state index contributed by atoms with van der Waals surface area (Å²) >= 11 is 0. The average Bonchev–Trinajstić information content (AvgIpc) is 3.30. The van der Waals surface area contributed by atoms with Gasteiger partial charge < -0.3 is 14.3 Å². The molecule has 1 aromatic heterocycles. The summed E-state index contributed by atoms with van der Waals surface area (Å²) in [7, 11) is 0. The number of halogens is 1. The van der Waals surface area contributed by atoms with Gasteiger partial charge in [0.25, 0.3) is 5.91 Å². The molecule has 0 unspecified atom stereocenters. The van der Waals surface area contributed by atoms with Gasteiger partial charge in [0.05, 0.1) is 17.7 Å². The van der Waals surface area contributed by atoms with Gasteiger partial charge in [-0.1, -0.05) is 47.6 Å². The molecule has 30 heavy (non-hydrogen) atoms. The minimum absolute atomic E-state index is 0.116. The Bertz CT molecular complexity index is 1040. The Kier molecular flexibility index (Phi) is 4.99. The quantitative estimate of drug-likeness (QED) is 0.586. The average molecular weight is 405 g/mol. The number of carbonyl (C=O) groups is 1. The molecule has 1 aliphatic heterocycles. The van der Waals surface area contributed by atoms with Crippen LogP contribution in [0.5, 0.6) is 0 Å². The molecule has 3 aromatic rings. The Labute approximate surface area is 175 Å². The molecule has 2 aliphatic rings. The van der Waals surface area contributed by atoms with E-state index in [1.54, 1.807) is 23.1 Å². The lowest BCUT2D eigenvalue weighted by atomic mass is 10.1. The van der Waals surface area contributed by atoms with E-state index in [0.29, 0.717) is 6.54 Å². The molecule has 2 fully saturated rings. The Morgan fingerprint density at radius 2 is 1.77 bits per heavy atom. The normalized spacial score (nSPS) is 16.1. The molecular weight excluding hydrogens is 381 g/mol. The van der Waals surface area contributed by atoms with E-state index in [1.807, 2.05) is 30.3 Å². The van der Waals surface area contributed by atoms with E-state index in [2.05, 4.69) is 10.1 Å². The van der Waals surface area contributed by atoms with Crippen molar-refractivity contribution in [2.24, 2.45) is 0 Å². The predicted molar refractivity (Wildman–Crippen MR) is 113 cm³/mol. The summed E-state index contributed by atoms with van der Waals surface area (Å²) in [6.07, 6.45) is 4.10. The van der Waals surface area contributed by atoms with Gasteiger partial charge in [0.15, 0.2) is 0 Å². The molecule has 6 heteroatoms. The first-order chi connectivity index (χ1) is 14.7. The lowest BCUT2D eigenvalue weighted by Crippen LogP contribution is -2.34. The van der Waals surface area contributed by atoms with Crippen LogP contribution in [-0.4, -0.2) is 35.1 Å². The van der Waals surface area contributed by atoms with Crippen molar-refractivity contribution < 1.29 is 13.7 Å². The maximum absolute atomic E-state index is 14.3. The van der Waals surface area contributed by atoms with E-state index in [-0.39, 0.29) is 17.5 Å². The lowest BCUT2D eigenvalue weighted by molar-refractivity contribution is 0.0725. The van der Waals surface area contributed by atoms with E-state index in [9.17, 15) is 9.18 Å². The highest BCUT2D eigenvalue weighted by Gasteiger charge is 2.36. The van der Waals surface area contributed by atoms with Crippen LogP contribution < -0.4 is 4.90 Å². The fourth-order valence-corrected chi connectivity index (χ4v) is 4.15. The van der Waals surface area contributed by atoms with Crippen LogP contribution in [0.3, 0.4) is 0 Å². The summed E-state index contributed by atoms with van der Waals surface area (Å²) in [5, 5.41) is 4.38. The molecule has 1 aliphatic carbocycles. The third-order valence-electron chi connectivity index (χ3n) is 5.89. The zero-order valence-electron chi connectivity index (χ0n) is 16.8. The fraction of sp³-hybridized carbons (Fsp3) is 0.333. The first kappa shape index (κ1) is 18.9. The van der Waals surface area contributed by atoms with Crippen LogP contribution in [0, 0.1) is 5.82 Å². The zero-order chi connectivity index (χ0) is 20.5. The van der Waals surface area contributed by atoms with Gasteiger partial charge in [0.1, 0.15) is 11.5 Å². The highest BCUT2D eigenvalue weighted by atomic mass is 19.1. The Morgan fingerprint density at radius 3 is 2.47 bits per heavy atom. The van der Waals surface area contributed by atoms with Crippen LogP contribution in [0.1, 0.15) is 41.6 Å². The minimum Gasteiger partial charge on any atom is -0.340 e. The van der Waals surface area contributed by atoms with Gasteiger partial charge in [0, 0.05) is 24.7 Å². The number of amides is 1. The molecule has 0 atom stereocenters. The van der Waals surface area contributed by atoms with Crippen molar-refractivity contribution >= 4 is 11.8 Å².